The van der Waals surface area contributed by atoms with Crippen LogP contribution in [-0.4, -0.2) is 38.2 Å². The van der Waals surface area contributed by atoms with E-state index in [1.807, 2.05) is 0 Å². The van der Waals surface area contributed by atoms with Gasteiger partial charge in [-0.05, 0) is 0 Å². The molecule has 0 fully saturated rings. The molecule has 0 aliphatic carbocycles. The highest BCUT2D eigenvalue weighted by molar-refractivity contribution is 5.71. The maximum atomic E-state index is 10.6. The summed E-state index contributed by atoms with van der Waals surface area (Å²) in [6.07, 6.45) is 0.513. The van der Waals surface area contributed by atoms with E-state index in [1.54, 1.807) is 0 Å². The van der Waals surface area contributed by atoms with Gasteiger partial charge in [-0.1, -0.05) is 0 Å². The molecule has 6 nitrogen and oxygen atoms in total. The van der Waals surface area contributed by atoms with Crippen LogP contribution in [0.25, 0.3) is 0 Å². The summed E-state index contributed by atoms with van der Waals surface area (Å²) in [6.45, 7) is 0.262. The van der Waals surface area contributed by atoms with Gasteiger partial charge >= 0.3 is 11.9 Å². The van der Waals surface area contributed by atoms with E-state index in [9.17, 15) is 14.4 Å². The zero-order valence-electron chi connectivity index (χ0n) is 7.15. The lowest BCUT2D eigenvalue weighted by molar-refractivity contribution is -0.168. The van der Waals surface area contributed by atoms with Crippen molar-refractivity contribution in [3.8, 4) is 0 Å². The highest BCUT2D eigenvalue weighted by Gasteiger charge is 2.02. The fraction of sp³-hybridized carbons (Fsp3) is 0.571. The van der Waals surface area contributed by atoms with Crippen LogP contribution in [0.5, 0.6) is 0 Å². The van der Waals surface area contributed by atoms with Gasteiger partial charge in [-0.25, -0.2) is 4.79 Å². The molecule has 0 unspecified atom stereocenters. The van der Waals surface area contributed by atoms with Gasteiger partial charge in [-0.3, -0.25) is 4.79 Å². The van der Waals surface area contributed by atoms with Gasteiger partial charge in [-0.2, -0.15) is 0 Å². The number of hydrogen-bond donors (Lipinski definition) is 0. The fourth-order valence-electron chi connectivity index (χ4n) is 0.410. The van der Waals surface area contributed by atoms with E-state index in [1.165, 1.54) is 6.92 Å². The Kier molecular flexibility index (Phi) is 6.44. The Morgan fingerprint density at radius 2 is 2.00 bits per heavy atom. The minimum Gasteiger partial charge on any atom is -0.428 e. The molecule has 0 saturated carbocycles. The molecule has 13 heavy (non-hydrogen) atoms. The summed E-state index contributed by atoms with van der Waals surface area (Å²) >= 11 is 0. The lowest BCUT2D eigenvalue weighted by Gasteiger charge is -2.03. The summed E-state index contributed by atoms with van der Waals surface area (Å²) in [6, 6.07) is 0. The molecule has 0 spiro atoms. The second-order valence-electron chi connectivity index (χ2n) is 1.95. The van der Waals surface area contributed by atoms with Crippen LogP contribution in [0.3, 0.4) is 0 Å². The normalized spacial score (nSPS) is 9.00. The van der Waals surface area contributed by atoms with E-state index >= 15 is 0 Å². The summed E-state index contributed by atoms with van der Waals surface area (Å²) in [5.74, 6) is -1.23. The monoisotopic (exact) mass is 190 g/mol. The molecule has 0 aliphatic rings. The van der Waals surface area contributed by atoms with E-state index in [-0.39, 0.29) is 13.2 Å². The highest BCUT2D eigenvalue weighted by Crippen LogP contribution is 1.83. The van der Waals surface area contributed by atoms with Crippen molar-refractivity contribution < 1.29 is 28.6 Å². The molecule has 6 heteroatoms. The standard InChI is InChI=1S/C7H10O6/c1-6(9)12-5-13-7(10)4-11-3-2-8/h2H,3-5H2,1H3. The van der Waals surface area contributed by atoms with E-state index < -0.39 is 18.7 Å². The molecular formula is C7H10O6. The zero-order chi connectivity index (χ0) is 10.1. The summed E-state index contributed by atoms with van der Waals surface area (Å²) in [5, 5.41) is 0. The molecule has 0 radical (unpaired) electrons. The number of carbonyl (C=O) groups is 3. The fourth-order valence-corrected chi connectivity index (χ4v) is 0.410. The first kappa shape index (κ1) is 11.6. The van der Waals surface area contributed by atoms with Crippen LogP contribution >= 0.6 is 0 Å². The zero-order valence-corrected chi connectivity index (χ0v) is 7.15. The molecule has 0 saturated heterocycles. The van der Waals surface area contributed by atoms with Gasteiger partial charge in [0.05, 0.1) is 0 Å². The molecule has 0 atom stereocenters. The minimum absolute atomic E-state index is 0.164. The molecule has 0 amide bonds. The van der Waals surface area contributed by atoms with Crippen molar-refractivity contribution in [2.24, 2.45) is 0 Å². The van der Waals surface area contributed by atoms with Crippen molar-refractivity contribution in [3.63, 3.8) is 0 Å². The van der Waals surface area contributed by atoms with Crippen molar-refractivity contribution >= 4 is 18.2 Å². The van der Waals surface area contributed by atoms with Gasteiger partial charge in [0.15, 0.2) is 0 Å². The lowest BCUT2D eigenvalue weighted by Crippen LogP contribution is -2.16. The molecule has 0 aliphatic heterocycles. The Hall–Kier alpha value is -1.43. The molecule has 74 valence electrons. The van der Waals surface area contributed by atoms with Crippen molar-refractivity contribution in [3.05, 3.63) is 0 Å². The van der Waals surface area contributed by atoms with Gasteiger partial charge in [0, 0.05) is 6.92 Å². The van der Waals surface area contributed by atoms with Crippen molar-refractivity contribution in [1.29, 1.82) is 0 Å². The molecular weight excluding hydrogens is 180 g/mol. The number of esters is 2. The summed E-state index contributed by atoms with van der Waals surface area (Å²) in [7, 11) is 0. The Balaban J connectivity index is 3.30. The van der Waals surface area contributed by atoms with Crippen molar-refractivity contribution in [2.45, 2.75) is 6.92 Å². The van der Waals surface area contributed by atoms with E-state index in [2.05, 4.69) is 14.2 Å². The number of hydrogen-bond acceptors (Lipinski definition) is 6. The summed E-state index contributed by atoms with van der Waals surface area (Å²) in [5.41, 5.74) is 0. The third-order valence-electron chi connectivity index (χ3n) is 0.888. The van der Waals surface area contributed by atoms with Gasteiger partial charge in [0.2, 0.25) is 6.79 Å². The van der Waals surface area contributed by atoms with Crippen LogP contribution in [0.2, 0.25) is 0 Å². The van der Waals surface area contributed by atoms with E-state index in [0.29, 0.717) is 6.29 Å². The largest absolute Gasteiger partial charge is 0.428 e. The molecule has 0 bridgehead atoms. The third-order valence-corrected chi connectivity index (χ3v) is 0.888. The van der Waals surface area contributed by atoms with Gasteiger partial charge < -0.3 is 19.0 Å². The number of rotatable bonds is 6. The molecule has 0 N–H and O–H groups in total. The summed E-state index contributed by atoms with van der Waals surface area (Å²) in [4.78, 5) is 30.6. The number of ether oxygens (including phenoxy) is 3. The SMILES string of the molecule is CC(=O)OCOC(=O)COCC=O. The van der Waals surface area contributed by atoms with Crippen molar-refractivity contribution in [2.75, 3.05) is 20.0 Å². The maximum absolute atomic E-state index is 10.6. The van der Waals surface area contributed by atoms with E-state index in [4.69, 9.17) is 0 Å². The molecule has 0 heterocycles. The van der Waals surface area contributed by atoms with Crippen LogP contribution in [0.15, 0.2) is 0 Å². The first-order valence-corrected chi connectivity index (χ1v) is 3.47. The highest BCUT2D eigenvalue weighted by atomic mass is 16.7. The minimum atomic E-state index is -0.692. The van der Waals surface area contributed by atoms with Crippen LogP contribution < -0.4 is 0 Å². The first-order valence-electron chi connectivity index (χ1n) is 3.47. The predicted octanol–water partition coefficient (Wildman–Crippen LogP) is -0.734. The lowest BCUT2D eigenvalue weighted by atomic mass is 10.7. The molecule has 0 aromatic heterocycles. The third kappa shape index (κ3) is 8.48. The second kappa shape index (κ2) is 7.23. The van der Waals surface area contributed by atoms with Crippen LogP contribution in [0, 0.1) is 0 Å². The van der Waals surface area contributed by atoms with Gasteiger partial charge in [0.25, 0.3) is 0 Å². The first-order chi connectivity index (χ1) is 6.16. The number of aldehydes is 1. The molecule has 0 aromatic carbocycles. The summed E-state index contributed by atoms with van der Waals surface area (Å²) < 4.78 is 13.2. The maximum Gasteiger partial charge on any atom is 0.334 e. The molecule has 0 rings (SSSR count). The average Bonchev–Trinajstić information content (AvgIpc) is 2.04. The topological polar surface area (TPSA) is 78.9 Å². The van der Waals surface area contributed by atoms with Crippen LogP contribution in [0.4, 0.5) is 0 Å². The van der Waals surface area contributed by atoms with Gasteiger partial charge in [-0.15, -0.1) is 0 Å². The smallest absolute Gasteiger partial charge is 0.334 e. The number of carbonyl (C=O) groups excluding carboxylic acids is 3. The van der Waals surface area contributed by atoms with Crippen LogP contribution in [0.1, 0.15) is 6.92 Å². The Morgan fingerprint density at radius 3 is 2.54 bits per heavy atom. The second-order valence-corrected chi connectivity index (χ2v) is 1.95. The molecule has 0 aromatic rings. The Morgan fingerprint density at radius 1 is 1.31 bits per heavy atom. The average molecular weight is 190 g/mol. The quantitative estimate of drug-likeness (QED) is 0.238. The van der Waals surface area contributed by atoms with E-state index in [0.717, 1.165) is 0 Å². The Labute approximate surface area is 74.8 Å². The van der Waals surface area contributed by atoms with Gasteiger partial charge in [0.1, 0.15) is 19.5 Å². The predicted molar refractivity (Wildman–Crippen MR) is 39.6 cm³/mol. The Bertz CT molecular complexity index is 187. The van der Waals surface area contributed by atoms with Crippen LogP contribution in [-0.2, 0) is 28.6 Å². The van der Waals surface area contributed by atoms with Crippen molar-refractivity contribution in [1.82, 2.24) is 0 Å².